The van der Waals surface area contributed by atoms with E-state index in [-0.39, 0.29) is 12.2 Å². The van der Waals surface area contributed by atoms with Gasteiger partial charge in [-0.2, -0.15) is 0 Å². The maximum absolute atomic E-state index is 12.9. The second-order valence-corrected chi connectivity index (χ2v) is 4.15. The number of nitrogens with one attached hydrogen (secondary N) is 1. The Morgan fingerprint density at radius 3 is 2.50 bits per heavy atom. The van der Waals surface area contributed by atoms with Crippen LogP contribution >= 0.6 is 0 Å². The topological polar surface area (TPSA) is 79.5 Å². The normalized spacial score (nSPS) is 11.8. The maximum atomic E-state index is 12.9. The molecule has 0 unspecified atom stereocenters. The Hall–Kier alpha value is -2.63. The minimum absolute atomic E-state index is 0.0856. The van der Waals surface area contributed by atoms with Crippen LogP contribution in [0.4, 0.5) is 4.39 Å². The van der Waals surface area contributed by atoms with Gasteiger partial charge in [0.05, 0.1) is 18.7 Å². The van der Waals surface area contributed by atoms with Gasteiger partial charge in [-0.15, -0.1) is 0 Å². The van der Waals surface area contributed by atoms with Crippen LogP contribution in [-0.4, -0.2) is 17.0 Å². The average molecular weight is 277 g/mol. The van der Waals surface area contributed by atoms with E-state index in [2.05, 4.69) is 5.32 Å². The highest BCUT2D eigenvalue weighted by Gasteiger charge is 2.20. The van der Waals surface area contributed by atoms with Crippen molar-refractivity contribution in [2.45, 2.75) is 12.5 Å². The molecule has 5 nitrogen and oxygen atoms in total. The predicted octanol–water partition coefficient (Wildman–Crippen LogP) is 2.36. The number of hydrogen-bond donors (Lipinski definition) is 2. The first-order valence-corrected chi connectivity index (χ1v) is 5.88. The molecule has 0 saturated heterocycles. The molecule has 0 spiro atoms. The van der Waals surface area contributed by atoms with E-state index < -0.39 is 23.7 Å². The predicted molar refractivity (Wildman–Crippen MR) is 67.6 cm³/mol. The maximum Gasteiger partial charge on any atom is 0.305 e. The van der Waals surface area contributed by atoms with Crippen molar-refractivity contribution in [3.8, 4) is 0 Å². The van der Waals surface area contributed by atoms with Gasteiger partial charge in [0.15, 0.2) is 5.76 Å². The van der Waals surface area contributed by atoms with Crippen LogP contribution in [0.25, 0.3) is 0 Å². The lowest BCUT2D eigenvalue weighted by Gasteiger charge is -2.16. The molecule has 0 aliphatic rings. The van der Waals surface area contributed by atoms with E-state index >= 15 is 0 Å². The number of carboxylic acid groups (broad SMARTS) is 1. The lowest BCUT2D eigenvalue weighted by Crippen LogP contribution is -2.29. The molecule has 104 valence electrons. The fourth-order valence-electron chi connectivity index (χ4n) is 1.76. The average Bonchev–Trinajstić information content (AvgIpc) is 2.92. The molecule has 1 amide bonds. The minimum atomic E-state index is -1.07. The standard InChI is InChI=1S/C14H12FNO4/c15-10-5-3-9(4-6-10)11(8-13(17)18)16-14(19)12-2-1-7-20-12/h1-7,11H,8H2,(H,16,19)(H,17,18)/t11-/m0/s1. The summed E-state index contributed by atoms with van der Waals surface area (Å²) in [5.41, 5.74) is 0.508. The summed E-state index contributed by atoms with van der Waals surface area (Å²) >= 11 is 0. The van der Waals surface area contributed by atoms with E-state index in [1.165, 1.54) is 36.6 Å². The SMILES string of the molecule is O=C(O)C[C@H](NC(=O)c1ccco1)c1ccc(F)cc1. The molecule has 2 rings (SSSR count). The van der Waals surface area contributed by atoms with Crippen molar-refractivity contribution < 1.29 is 23.5 Å². The molecule has 1 atom stereocenters. The number of hydrogen-bond acceptors (Lipinski definition) is 3. The van der Waals surface area contributed by atoms with Crippen molar-refractivity contribution in [3.63, 3.8) is 0 Å². The number of carbonyl (C=O) groups is 2. The van der Waals surface area contributed by atoms with Crippen molar-refractivity contribution in [2.24, 2.45) is 0 Å². The Balaban J connectivity index is 2.17. The molecule has 1 aromatic heterocycles. The van der Waals surface area contributed by atoms with E-state index in [4.69, 9.17) is 9.52 Å². The highest BCUT2D eigenvalue weighted by Crippen LogP contribution is 2.18. The fourth-order valence-corrected chi connectivity index (χ4v) is 1.76. The molecule has 6 heteroatoms. The number of carboxylic acids is 1. The molecule has 0 aliphatic carbocycles. The number of carbonyl (C=O) groups excluding carboxylic acids is 1. The monoisotopic (exact) mass is 277 g/mol. The molecule has 2 N–H and O–H groups in total. The van der Waals surface area contributed by atoms with Crippen LogP contribution < -0.4 is 5.32 Å². The fraction of sp³-hybridized carbons (Fsp3) is 0.143. The minimum Gasteiger partial charge on any atom is -0.481 e. The molecular formula is C14H12FNO4. The molecule has 20 heavy (non-hydrogen) atoms. The summed E-state index contributed by atoms with van der Waals surface area (Å²) in [6, 6.07) is 7.56. The second kappa shape index (κ2) is 6.01. The number of furan rings is 1. The summed E-state index contributed by atoms with van der Waals surface area (Å²) in [6.07, 6.45) is 1.04. The Morgan fingerprint density at radius 2 is 1.95 bits per heavy atom. The van der Waals surface area contributed by atoms with Crippen molar-refractivity contribution in [2.75, 3.05) is 0 Å². The molecular weight excluding hydrogens is 265 g/mol. The highest BCUT2D eigenvalue weighted by molar-refractivity contribution is 5.91. The van der Waals surface area contributed by atoms with Crippen molar-refractivity contribution >= 4 is 11.9 Å². The summed E-state index contributed by atoms with van der Waals surface area (Å²) in [7, 11) is 0. The molecule has 0 fully saturated rings. The zero-order valence-electron chi connectivity index (χ0n) is 10.4. The first-order chi connectivity index (χ1) is 9.56. The van der Waals surface area contributed by atoms with E-state index in [9.17, 15) is 14.0 Å². The van der Waals surface area contributed by atoms with Crippen LogP contribution in [0.2, 0.25) is 0 Å². The first kappa shape index (κ1) is 13.8. The molecule has 1 heterocycles. The van der Waals surface area contributed by atoms with Gasteiger partial charge in [-0.25, -0.2) is 4.39 Å². The summed E-state index contributed by atoms with van der Waals surface area (Å²) in [6.45, 7) is 0. The third-order valence-corrected chi connectivity index (χ3v) is 2.70. The van der Waals surface area contributed by atoms with Crippen LogP contribution in [0.5, 0.6) is 0 Å². The van der Waals surface area contributed by atoms with Crippen molar-refractivity contribution in [3.05, 3.63) is 59.8 Å². The zero-order chi connectivity index (χ0) is 14.5. The van der Waals surface area contributed by atoms with Crippen molar-refractivity contribution in [1.29, 1.82) is 0 Å². The van der Waals surface area contributed by atoms with Gasteiger partial charge in [0, 0.05) is 0 Å². The van der Waals surface area contributed by atoms with E-state index in [1.54, 1.807) is 6.07 Å². The van der Waals surface area contributed by atoms with E-state index in [0.29, 0.717) is 5.56 Å². The zero-order valence-corrected chi connectivity index (χ0v) is 10.4. The van der Waals surface area contributed by atoms with Crippen LogP contribution in [-0.2, 0) is 4.79 Å². The van der Waals surface area contributed by atoms with Crippen LogP contribution in [0.3, 0.4) is 0 Å². The van der Waals surface area contributed by atoms with Crippen LogP contribution in [0, 0.1) is 5.82 Å². The quantitative estimate of drug-likeness (QED) is 0.879. The molecule has 0 bridgehead atoms. The number of aliphatic carboxylic acids is 1. The summed E-state index contributed by atoms with van der Waals surface area (Å²) in [4.78, 5) is 22.7. The van der Waals surface area contributed by atoms with Crippen LogP contribution in [0.1, 0.15) is 28.6 Å². The number of benzene rings is 1. The van der Waals surface area contributed by atoms with Gasteiger partial charge in [-0.1, -0.05) is 12.1 Å². The number of rotatable bonds is 5. The third kappa shape index (κ3) is 3.44. The molecule has 0 radical (unpaired) electrons. The molecule has 1 aromatic carbocycles. The van der Waals surface area contributed by atoms with Crippen molar-refractivity contribution in [1.82, 2.24) is 5.32 Å². The second-order valence-electron chi connectivity index (χ2n) is 4.15. The highest BCUT2D eigenvalue weighted by atomic mass is 19.1. The van der Waals surface area contributed by atoms with Gasteiger partial charge in [0.2, 0.25) is 0 Å². The first-order valence-electron chi connectivity index (χ1n) is 5.88. The van der Waals surface area contributed by atoms with Crippen LogP contribution in [0.15, 0.2) is 47.1 Å². The lowest BCUT2D eigenvalue weighted by atomic mass is 10.0. The van der Waals surface area contributed by atoms with E-state index in [0.717, 1.165) is 0 Å². The Labute approximate surface area is 114 Å². The molecule has 0 aliphatic heterocycles. The number of amides is 1. The summed E-state index contributed by atoms with van der Waals surface area (Å²) in [5.74, 6) is -1.94. The van der Waals surface area contributed by atoms with E-state index in [1.807, 2.05) is 0 Å². The van der Waals surface area contributed by atoms with Gasteiger partial charge in [0.25, 0.3) is 5.91 Å². The van der Waals surface area contributed by atoms with Gasteiger partial charge in [0.1, 0.15) is 5.82 Å². The lowest BCUT2D eigenvalue weighted by molar-refractivity contribution is -0.137. The third-order valence-electron chi connectivity index (χ3n) is 2.70. The summed E-state index contributed by atoms with van der Waals surface area (Å²) in [5, 5.41) is 11.4. The smallest absolute Gasteiger partial charge is 0.305 e. The van der Waals surface area contributed by atoms with Gasteiger partial charge >= 0.3 is 5.97 Å². The molecule has 0 saturated carbocycles. The van der Waals surface area contributed by atoms with Gasteiger partial charge in [-0.05, 0) is 29.8 Å². The Kier molecular flexibility index (Phi) is 4.14. The Morgan fingerprint density at radius 1 is 1.25 bits per heavy atom. The van der Waals surface area contributed by atoms with Gasteiger partial charge in [-0.3, -0.25) is 9.59 Å². The Bertz CT molecular complexity index is 592. The van der Waals surface area contributed by atoms with Gasteiger partial charge < -0.3 is 14.8 Å². The molecule has 2 aromatic rings. The largest absolute Gasteiger partial charge is 0.481 e. The number of halogens is 1. The summed E-state index contributed by atoms with van der Waals surface area (Å²) < 4.78 is 17.8.